The maximum absolute atomic E-state index is 12.8. The van der Waals surface area contributed by atoms with Crippen LogP contribution in [0.1, 0.15) is 24.9 Å². The third-order valence-corrected chi connectivity index (χ3v) is 3.46. The minimum Gasteiger partial charge on any atom is -0.484 e. The van der Waals surface area contributed by atoms with Gasteiger partial charge in [-0.15, -0.1) is 24.0 Å². The zero-order chi connectivity index (χ0) is 20.6. The Morgan fingerprint density at radius 2 is 1.90 bits per heavy atom. The summed E-state index contributed by atoms with van der Waals surface area (Å²) in [5, 5.41) is 5.89. The molecule has 0 amide bonds. The molecule has 0 aliphatic rings. The molecule has 0 saturated heterocycles. The lowest BCUT2D eigenvalue weighted by atomic mass is 10.2. The average Bonchev–Trinajstić information content (AvgIpc) is 3.11. The second-order valence-corrected chi connectivity index (χ2v) is 5.62. The van der Waals surface area contributed by atoms with Crippen LogP contribution < -0.4 is 15.4 Å². The van der Waals surface area contributed by atoms with Crippen molar-refractivity contribution in [2.24, 2.45) is 4.99 Å². The summed E-state index contributed by atoms with van der Waals surface area (Å²) < 4.78 is 67.5. The first-order chi connectivity index (χ1) is 13.3. The van der Waals surface area contributed by atoms with Gasteiger partial charge in [-0.2, -0.15) is 22.0 Å². The van der Waals surface area contributed by atoms with Gasteiger partial charge in [0.05, 0.1) is 13.1 Å². The highest BCUT2D eigenvalue weighted by molar-refractivity contribution is 14.0. The van der Waals surface area contributed by atoms with E-state index in [-0.39, 0.29) is 48.6 Å². The highest BCUT2D eigenvalue weighted by Crippen LogP contribution is 2.19. The Morgan fingerprint density at radius 3 is 2.48 bits per heavy atom. The zero-order valence-corrected chi connectivity index (χ0v) is 17.7. The lowest BCUT2D eigenvalue weighted by Gasteiger charge is -2.12. The second-order valence-electron chi connectivity index (χ2n) is 5.62. The Morgan fingerprint density at radius 1 is 1.21 bits per heavy atom. The fourth-order valence-corrected chi connectivity index (χ4v) is 2.19. The number of nitrogens with zero attached hydrogens (tertiary/aromatic N) is 3. The molecule has 0 spiro atoms. The van der Waals surface area contributed by atoms with E-state index in [1.54, 1.807) is 12.1 Å². The van der Waals surface area contributed by atoms with Crippen molar-refractivity contribution in [2.75, 3.05) is 13.2 Å². The number of hydrogen-bond donors (Lipinski definition) is 2. The van der Waals surface area contributed by atoms with E-state index in [0.717, 1.165) is 10.1 Å². The van der Waals surface area contributed by atoms with E-state index in [1.165, 1.54) is 24.5 Å². The van der Waals surface area contributed by atoms with Gasteiger partial charge >= 0.3 is 12.7 Å². The molecule has 12 heteroatoms. The van der Waals surface area contributed by atoms with Crippen molar-refractivity contribution in [3.05, 3.63) is 48.0 Å². The molecule has 0 aliphatic carbocycles. The molecule has 0 atom stereocenters. The summed E-state index contributed by atoms with van der Waals surface area (Å²) >= 11 is 0. The van der Waals surface area contributed by atoms with E-state index in [1.807, 2.05) is 6.92 Å². The van der Waals surface area contributed by atoms with Crippen molar-refractivity contribution >= 4 is 29.9 Å². The van der Waals surface area contributed by atoms with Crippen LogP contribution in [0.5, 0.6) is 5.75 Å². The number of rotatable bonds is 8. The summed E-state index contributed by atoms with van der Waals surface area (Å²) in [7, 11) is 0. The first-order valence-corrected chi connectivity index (χ1v) is 8.39. The van der Waals surface area contributed by atoms with E-state index >= 15 is 0 Å². The number of imidazole rings is 1. The topological polar surface area (TPSA) is 63.5 Å². The van der Waals surface area contributed by atoms with Crippen molar-refractivity contribution in [3.63, 3.8) is 0 Å². The average molecular weight is 533 g/mol. The molecule has 0 fully saturated rings. The quantitative estimate of drug-likeness (QED) is 0.232. The monoisotopic (exact) mass is 533 g/mol. The number of ether oxygens (including phenoxy) is 1. The van der Waals surface area contributed by atoms with Crippen LogP contribution >= 0.6 is 24.0 Å². The molecule has 1 aromatic heterocycles. The Kier molecular flexibility index (Phi) is 10.1. The van der Waals surface area contributed by atoms with Gasteiger partial charge in [-0.25, -0.2) is 9.98 Å². The van der Waals surface area contributed by atoms with Gasteiger partial charge in [0.1, 0.15) is 11.6 Å². The molecule has 162 valence electrons. The molecule has 2 rings (SSSR count). The summed E-state index contributed by atoms with van der Waals surface area (Å²) in [5.74, 6) is 0.657. The van der Waals surface area contributed by atoms with Crippen LogP contribution in [0.3, 0.4) is 0 Å². The number of nitrogens with one attached hydrogen (secondary N) is 2. The molecule has 0 unspecified atom stereocenters. The summed E-state index contributed by atoms with van der Waals surface area (Å²) in [6.07, 6.45) is -1.92. The molecule has 2 N–H and O–H groups in total. The van der Waals surface area contributed by atoms with Gasteiger partial charge in [0.15, 0.2) is 12.6 Å². The number of guanidine groups is 1. The van der Waals surface area contributed by atoms with Crippen LogP contribution in [-0.4, -0.2) is 34.8 Å². The molecule has 0 bridgehead atoms. The SMILES string of the molecule is CCNC(=NCc1ccc(OCC(F)(F)F)cc1)NCc1nccn1C(F)F.I. The Hall–Kier alpha value is -2.12. The summed E-state index contributed by atoms with van der Waals surface area (Å²) in [4.78, 5) is 8.20. The van der Waals surface area contributed by atoms with Gasteiger partial charge < -0.3 is 15.4 Å². The molecule has 1 aromatic carbocycles. The van der Waals surface area contributed by atoms with Crippen LogP contribution in [0.2, 0.25) is 0 Å². The lowest BCUT2D eigenvalue weighted by Crippen LogP contribution is -2.37. The standard InChI is InChI=1S/C17H20F5N5O.HI/c1-2-23-16(26-10-14-24-7-8-27(14)15(18)19)25-9-12-3-5-13(6-4-12)28-11-17(20,21)22;/h3-8,15H,2,9-11H2,1H3,(H2,23,25,26);1H. The second kappa shape index (κ2) is 11.8. The highest BCUT2D eigenvalue weighted by Gasteiger charge is 2.28. The van der Waals surface area contributed by atoms with Crippen LogP contribution in [0, 0.1) is 0 Å². The normalized spacial score (nSPS) is 11.9. The number of aromatic nitrogens is 2. The van der Waals surface area contributed by atoms with E-state index in [4.69, 9.17) is 0 Å². The number of alkyl halides is 5. The van der Waals surface area contributed by atoms with Crippen molar-refractivity contribution in [1.82, 2.24) is 20.2 Å². The largest absolute Gasteiger partial charge is 0.484 e. The van der Waals surface area contributed by atoms with Gasteiger partial charge in [-0.05, 0) is 24.6 Å². The van der Waals surface area contributed by atoms with Crippen LogP contribution in [-0.2, 0) is 13.1 Å². The molecule has 1 heterocycles. The van der Waals surface area contributed by atoms with Crippen LogP contribution in [0.25, 0.3) is 0 Å². The molecule has 29 heavy (non-hydrogen) atoms. The van der Waals surface area contributed by atoms with Crippen molar-refractivity contribution in [3.8, 4) is 5.75 Å². The summed E-state index contributed by atoms with van der Waals surface area (Å²) in [6, 6.07) is 6.05. The third-order valence-electron chi connectivity index (χ3n) is 3.46. The molecular formula is C17H21F5IN5O. The van der Waals surface area contributed by atoms with E-state index in [9.17, 15) is 22.0 Å². The number of benzene rings is 1. The Bertz CT molecular complexity index is 764. The number of aliphatic imine (C=N–C) groups is 1. The summed E-state index contributed by atoms with van der Waals surface area (Å²) in [6.45, 7) is -1.35. The van der Waals surface area contributed by atoms with Crippen molar-refractivity contribution < 1.29 is 26.7 Å². The predicted molar refractivity (Wildman–Crippen MR) is 109 cm³/mol. The van der Waals surface area contributed by atoms with E-state index in [0.29, 0.717) is 12.5 Å². The third kappa shape index (κ3) is 8.83. The first-order valence-electron chi connectivity index (χ1n) is 8.39. The van der Waals surface area contributed by atoms with Crippen LogP contribution in [0.4, 0.5) is 22.0 Å². The van der Waals surface area contributed by atoms with E-state index in [2.05, 4.69) is 25.3 Å². The van der Waals surface area contributed by atoms with Crippen molar-refractivity contribution in [2.45, 2.75) is 32.7 Å². The van der Waals surface area contributed by atoms with Gasteiger partial charge in [0.25, 0.3) is 0 Å². The molecule has 2 aromatic rings. The smallest absolute Gasteiger partial charge is 0.422 e. The van der Waals surface area contributed by atoms with Crippen LogP contribution in [0.15, 0.2) is 41.7 Å². The Labute approximate surface area is 181 Å². The number of halogens is 6. The molecule has 0 saturated carbocycles. The first kappa shape index (κ1) is 24.9. The predicted octanol–water partition coefficient (Wildman–Crippen LogP) is 4.09. The lowest BCUT2D eigenvalue weighted by molar-refractivity contribution is -0.153. The molecule has 0 radical (unpaired) electrons. The van der Waals surface area contributed by atoms with Gasteiger partial charge in [-0.1, -0.05) is 12.1 Å². The Balaban J connectivity index is 0.00000420. The highest BCUT2D eigenvalue weighted by atomic mass is 127. The molecular weight excluding hydrogens is 512 g/mol. The van der Waals surface area contributed by atoms with Gasteiger partial charge in [0, 0.05) is 18.9 Å². The van der Waals surface area contributed by atoms with E-state index < -0.39 is 19.3 Å². The minimum atomic E-state index is -4.39. The zero-order valence-electron chi connectivity index (χ0n) is 15.4. The number of hydrogen-bond acceptors (Lipinski definition) is 3. The fraction of sp³-hybridized carbons (Fsp3) is 0.412. The molecule has 6 nitrogen and oxygen atoms in total. The summed E-state index contributed by atoms with van der Waals surface area (Å²) in [5.41, 5.74) is 0.741. The van der Waals surface area contributed by atoms with Crippen molar-refractivity contribution in [1.29, 1.82) is 0 Å². The fourth-order valence-electron chi connectivity index (χ4n) is 2.19. The maximum atomic E-state index is 12.8. The molecule has 0 aliphatic heterocycles. The minimum absolute atomic E-state index is 0. The van der Waals surface area contributed by atoms with Gasteiger partial charge in [-0.3, -0.25) is 4.57 Å². The maximum Gasteiger partial charge on any atom is 0.422 e. The van der Waals surface area contributed by atoms with Gasteiger partial charge in [0.2, 0.25) is 0 Å².